The number of hydrogen-bond acceptors (Lipinski definition) is 3. The number of benzene rings is 1. The summed E-state index contributed by atoms with van der Waals surface area (Å²) in [5, 5.41) is 10.5. The van der Waals surface area contributed by atoms with Gasteiger partial charge in [-0.2, -0.15) is 0 Å². The molecular weight excluding hydrogens is 257 g/mol. The van der Waals surface area contributed by atoms with E-state index in [1.165, 1.54) is 23.9 Å². The zero-order chi connectivity index (χ0) is 11.5. The second-order valence-electron chi connectivity index (χ2n) is 3.09. The van der Waals surface area contributed by atoms with Gasteiger partial charge in [0.1, 0.15) is 4.21 Å². The van der Waals surface area contributed by atoms with Gasteiger partial charge in [-0.1, -0.05) is 6.07 Å². The molecule has 0 heterocycles. The number of alkyl halides is 2. The average molecular weight is 266 g/mol. The molecular formula is C9H9Cl2NO2S. The van der Waals surface area contributed by atoms with E-state index in [1.807, 2.05) is 0 Å². The van der Waals surface area contributed by atoms with E-state index < -0.39 is 9.13 Å². The van der Waals surface area contributed by atoms with E-state index in [0.29, 0.717) is 0 Å². The number of non-ortho nitro benzene ring substituents is 1. The molecule has 1 aromatic rings. The Bertz CT molecular complexity index is 371. The lowest BCUT2D eigenvalue weighted by molar-refractivity contribution is -0.385. The van der Waals surface area contributed by atoms with Crippen molar-refractivity contribution >= 4 is 40.7 Å². The molecule has 0 radical (unpaired) electrons. The van der Waals surface area contributed by atoms with Crippen molar-refractivity contribution in [3.63, 3.8) is 0 Å². The van der Waals surface area contributed by atoms with Crippen LogP contribution in [0.25, 0.3) is 0 Å². The van der Waals surface area contributed by atoms with Crippen molar-refractivity contribution in [2.75, 3.05) is 5.88 Å². The Morgan fingerprint density at radius 3 is 2.80 bits per heavy atom. The Balaban J connectivity index is 2.87. The zero-order valence-electron chi connectivity index (χ0n) is 7.94. The first-order valence-electron chi connectivity index (χ1n) is 4.13. The maximum atomic E-state index is 10.5. The molecule has 1 atom stereocenters. The molecule has 0 aliphatic carbocycles. The number of nitro benzene ring substituents is 1. The molecule has 0 fully saturated rings. The Hall–Kier alpha value is -0.450. The van der Waals surface area contributed by atoms with Gasteiger partial charge in [0.05, 0.1) is 10.8 Å². The summed E-state index contributed by atoms with van der Waals surface area (Å²) in [6, 6.07) is 6.32. The lowest BCUT2D eigenvalue weighted by Gasteiger charge is -2.17. The van der Waals surface area contributed by atoms with Crippen LogP contribution in [0.3, 0.4) is 0 Å². The molecule has 0 saturated carbocycles. The Morgan fingerprint density at radius 1 is 1.60 bits per heavy atom. The van der Waals surface area contributed by atoms with Crippen LogP contribution >= 0.6 is 35.0 Å². The summed E-state index contributed by atoms with van der Waals surface area (Å²) in [5.74, 6) is 0.266. The molecule has 0 spiro atoms. The van der Waals surface area contributed by atoms with Crippen LogP contribution in [-0.4, -0.2) is 15.0 Å². The standard InChI is InChI=1S/C9H9Cl2NO2S/c1-9(11,6-10)15-8-4-2-3-7(5-8)12(13)14/h2-5H,6H2,1H3. The minimum atomic E-state index is -0.642. The molecule has 3 nitrogen and oxygen atoms in total. The SMILES string of the molecule is CC(Cl)(CCl)Sc1cccc([N+](=O)[O-])c1. The first-order valence-corrected chi connectivity index (χ1v) is 5.86. The van der Waals surface area contributed by atoms with Crippen molar-refractivity contribution < 1.29 is 4.92 Å². The maximum absolute atomic E-state index is 10.5. The summed E-state index contributed by atoms with van der Waals surface area (Å²) < 4.78 is -0.642. The summed E-state index contributed by atoms with van der Waals surface area (Å²) >= 11 is 13.0. The highest BCUT2D eigenvalue weighted by Gasteiger charge is 2.21. The molecule has 0 amide bonds. The Kier molecular flexibility index (Phi) is 4.25. The van der Waals surface area contributed by atoms with Gasteiger partial charge in [0.2, 0.25) is 0 Å². The van der Waals surface area contributed by atoms with Gasteiger partial charge >= 0.3 is 0 Å². The number of nitro groups is 1. The van der Waals surface area contributed by atoms with E-state index in [9.17, 15) is 10.1 Å². The molecule has 6 heteroatoms. The summed E-state index contributed by atoms with van der Waals surface area (Å²) in [6.45, 7) is 1.77. The topological polar surface area (TPSA) is 43.1 Å². The van der Waals surface area contributed by atoms with Gasteiger partial charge in [-0.05, 0) is 13.0 Å². The molecule has 0 aromatic heterocycles. The van der Waals surface area contributed by atoms with E-state index in [4.69, 9.17) is 23.2 Å². The van der Waals surface area contributed by atoms with Crippen LogP contribution in [0.5, 0.6) is 0 Å². The fourth-order valence-corrected chi connectivity index (χ4v) is 2.24. The summed E-state index contributed by atoms with van der Waals surface area (Å²) in [7, 11) is 0. The van der Waals surface area contributed by atoms with Gasteiger partial charge in [0.15, 0.2) is 0 Å². The first-order chi connectivity index (χ1) is 6.94. The van der Waals surface area contributed by atoms with Gasteiger partial charge in [-0.15, -0.1) is 35.0 Å². The fraction of sp³-hybridized carbons (Fsp3) is 0.333. The van der Waals surface area contributed by atoms with Crippen LogP contribution in [0.1, 0.15) is 6.92 Å². The minimum Gasteiger partial charge on any atom is -0.258 e. The molecule has 0 aliphatic heterocycles. The third kappa shape index (κ3) is 3.89. The van der Waals surface area contributed by atoms with Crippen molar-refractivity contribution in [1.29, 1.82) is 0 Å². The van der Waals surface area contributed by atoms with Crippen molar-refractivity contribution in [2.45, 2.75) is 16.0 Å². The Labute approximate surface area is 102 Å². The van der Waals surface area contributed by atoms with Gasteiger partial charge in [0, 0.05) is 17.0 Å². The van der Waals surface area contributed by atoms with Crippen molar-refractivity contribution in [3.8, 4) is 0 Å². The van der Waals surface area contributed by atoms with E-state index in [-0.39, 0.29) is 11.6 Å². The summed E-state index contributed by atoms with van der Waals surface area (Å²) in [5.41, 5.74) is 0.0574. The predicted octanol–water partition coefficient (Wildman–Crippen LogP) is 3.88. The third-order valence-corrected chi connectivity index (χ3v) is 3.85. The van der Waals surface area contributed by atoms with Crippen molar-refractivity contribution in [1.82, 2.24) is 0 Å². The van der Waals surface area contributed by atoms with E-state index in [1.54, 1.807) is 19.1 Å². The lowest BCUT2D eigenvalue weighted by Crippen LogP contribution is -2.12. The predicted molar refractivity (Wildman–Crippen MR) is 63.9 cm³/mol. The summed E-state index contributed by atoms with van der Waals surface area (Å²) in [6.07, 6.45) is 0. The minimum absolute atomic E-state index is 0.0574. The number of nitrogens with zero attached hydrogens (tertiary/aromatic N) is 1. The second kappa shape index (κ2) is 5.05. The molecule has 0 saturated heterocycles. The van der Waals surface area contributed by atoms with E-state index in [2.05, 4.69) is 0 Å². The second-order valence-corrected chi connectivity index (χ2v) is 5.99. The molecule has 15 heavy (non-hydrogen) atoms. The molecule has 0 N–H and O–H groups in total. The fourth-order valence-electron chi connectivity index (χ4n) is 0.934. The highest BCUT2D eigenvalue weighted by molar-refractivity contribution is 8.02. The van der Waals surface area contributed by atoms with E-state index in [0.717, 1.165) is 4.90 Å². The van der Waals surface area contributed by atoms with Crippen LogP contribution in [-0.2, 0) is 0 Å². The molecule has 0 bridgehead atoms. The largest absolute Gasteiger partial charge is 0.270 e. The van der Waals surface area contributed by atoms with E-state index >= 15 is 0 Å². The number of thioether (sulfide) groups is 1. The Morgan fingerprint density at radius 2 is 2.27 bits per heavy atom. The molecule has 1 unspecified atom stereocenters. The van der Waals surface area contributed by atoms with Crippen LogP contribution in [0.4, 0.5) is 5.69 Å². The average Bonchev–Trinajstić information content (AvgIpc) is 2.17. The first kappa shape index (κ1) is 12.6. The number of rotatable bonds is 4. The molecule has 1 aromatic carbocycles. The smallest absolute Gasteiger partial charge is 0.258 e. The highest BCUT2D eigenvalue weighted by Crippen LogP contribution is 2.38. The van der Waals surface area contributed by atoms with Crippen molar-refractivity contribution in [2.24, 2.45) is 0 Å². The van der Waals surface area contributed by atoms with Gasteiger partial charge in [0.25, 0.3) is 5.69 Å². The van der Waals surface area contributed by atoms with Crippen LogP contribution in [0.15, 0.2) is 29.2 Å². The molecule has 1 rings (SSSR count). The maximum Gasteiger partial charge on any atom is 0.270 e. The van der Waals surface area contributed by atoms with Gasteiger partial charge in [-0.3, -0.25) is 10.1 Å². The quantitative estimate of drug-likeness (QED) is 0.359. The van der Waals surface area contributed by atoms with Gasteiger partial charge < -0.3 is 0 Å². The van der Waals surface area contributed by atoms with Crippen molar-refractivity contribution in [3.05, 3.63) is 34.4 Å². The molecule has 82 valence electrons. The number of halogens is 2. The monoisotopic (exact) mass is 265 g/mol. The van der Waals surface area contributed by atoms with Gasteiger partial charge in [-0.25, -0.2) is 0 Å². The van der Waals surface area contributed by atoms with Crippen LogP contribution in [0.2, 0.25) is 0 Å². The summed E-state index contributed by atoms with van der Waals surface area (Å²) in [4.78, 5) is 10.8. The van der Waals surface area contributed by atoms with Crippen LogP contribution < -0.4 is 0 Å². The van der Waals surface area contributed by atoms with Crippen LogP contribution in [0, 0.1) is 10.1 Å². The highest BCUT2D eigenvalue weighted by atomic mass is 35.5. The molecule has 0 aliphatic rings. The third-order valence-electron chi connectivity index (χ3n) is 1.60. The normalized spacial score (nSPS) is 14.6. The lowest BCUT2D eigenvalue weighted by atomic mass is 10.3. The number of hydrogen-bond donors (Lipinski definition) is 0. The zero-order valence-corrected chi connectivity index (χ0v) is 10.3.